The number of anilines is 2. The number of nitrogens with one attached hydrogen (secondary N) is 1. The summed E-state index contributed by atoms with van der Waals surface area (Å²) in [5, 5.41) is 11.1. The van der Waals surface area contributed by atoms with Gasteiger partial charge in [0.2, 0.25) is 11.7 Å². The lowest BCUT2D eigenvalue weighted by molar-refractivity contribution is 0.0940. The molecule has 1 aromatic carbocycles. The highest BCUT2D eigenvalue weighted by atomic mass is 19.1. The van der Waals surface area contributed by atoms with E-state index in [1.807, 2.05) is 20.8 Å². The Hall–Kier alpha value is -4.02. The van der Waals surface area contributed by atoms with Crippen LogP contribution in [0.25, 0.3) is 11.4 Å². The smallest absolute Gasteiger partial charge is 0.294 e. The lowest BCUT2D eigenvalue weighted by atomic mass is 9.96. The van der Waals surface area contributed by atoms with E-state index >= 15 is 4.39 Å². The average Bonchev–Trinajstić information content (AvgIpc) is 3.44. The minimum absolute atomic E-state index is 0.0298. The summed E-state index contributed by atoms with van der Waals surface area (Å²) >= 11 is 0. The van der Waals surface area contributed by atoms with E-state index in [9.17, 15) is 4.79 Å². The molecule has 0 fully saturated rings. The van der Waals surface area contributed by atoms with Gasteiger partial charge in [0, 0.05) is 31.1 Å². The van der Waals surface area contributed by atoms with Gasteiger partial charge in [-0.05, 0) is 30.5 Å². The van der Waals surface area contributed by atoms with Crippen LogP contribution in [0.3, 0.4) is 0 Å². The molecule has 1 N–H and O–H groups in total. The molecule has 0 aliphatic heterocycles. The zero-order chi connectivity index (χ0) is 24.5. The Morgan fingerprint density at radius 2 is 1.97 bits per heavy atom. The molecule has 0 radical (unpaired) electrons. The average molecular weight is 465 g/mol. The first kappa shape index (κ1) is 23.1. The van der Waals surface area contributed by atoms with Gasteiger partial charge in [-0.15, -0.1) is 0 Å². The Morgan fingerprint density at radius 3 is 2.65 bits per heavy atom. The quantitative estimate of drug-likeness (QED) is 0.405. The van der Waals surface area contributed by atoms with Gasteiger partial charge < -0.3 is 9.84 Å². The van der Waals surface area contributed by atoms with Gasteiger partial charge in [-0.25, -0.2) is 14.4 Å². The van der Waals surface area contributed by atoms with Gasteiger partial charge in [0.1, 0.15) is 12.1 Å². The predicted octanol–water partition coefficient (Wildman–Crippen LogP) is 3.96. The molecular formula is C23H25FN8O2. The Bertz CT molecular complexity index is 1340. The molecular weight excluding hydrogens is 439 g/mol. The minimum Gasteiger partial charge on any atom is -0.331 e. The van der Waals surface area contributed by atoms with Gasteiger partial charge in [-0.1, -0.05) is 32.0 Å². The molecule has 34 heavy (non-hydrogen) atoms. The predicted molar refractivity (Wildman–Crippen MR) is 122 cm³/mol. The third-order valence-electron chi connectivity index (χ3n) is 5.22. The van der Waals surface area contributed by atoms with Crippen molar-refractivity contribution < 1.29 is 13.7 Å². The normalized spacial score (nSPS) is 11.6. The number of hydrogen-bond acceptors (Lipinski definition) is 9. The largest absolute Gasteiger partial charge is 0.331 e. The van der Waals surface area contributed by atoms with Crippen molar-refractivity contribution in [1.29, 1.82) is 0 Å². The molecule has 0 bridgehead atoms. The van der Waals surface area contributed by atoms with Gasteiger partial charge in [0.05, 0.1) is 5.56 Å². The number of halogens is 1. The van der Waals surface area contributed by atoms with Crippen LogP contribution in [0.1, 0.15) is 54.8 Å². The summed E-state index contributed by atoms with van der Waals surface area (Å²) < 4.78 is 22.0. The van der Waals surface area contributed by atoms with Crippen molar-refractivity contribution in [1.82, 2.24) is 34.9 Å². The number of aromatic nitrogens is 7. The second-order valence-electron chi connectivity index (χ2n) is 8.94. The van der Waals surface area contributed by atoms with E-state index in [2.05, 4.69) is 35.5 Å². The van der Waals surface area contributed by atoms with Crippen LogP contribution in [0, 0.1) is 12.7 Å². The Kier molecular flexibility index (Phi) is 6.18. The van der Waals surface area contributed by atoms with Gasteiger partial charge in [0.25, 0.3) is 5.89 Å². The number of nitrogens with zero attached hydrogens (tertiary/aromatic N) is 7. The summed E-state index contributed by atoms with van der Waals surface area (Å²) in [6.45, 7) is 7.47. The molecule has 4 rings (SSSR count). The summed E-state index contributed by atoms with van der Waals surface area (Å²) in [6, 6.07) is 5.14. The molecule has 3 aromatic heterocycles. The van der Waals surface area contributed by atoms with Crippen molar-refractivity contribution in [2.75, 3.05) is 5.32 Å². The Labute approximate surface area is 195 Å². The maximum absolute atomic E-state index is 15.2. The second-order valence-corrected chi connectivity index (χ2v) is 8.94. The third kappa shape index (κ3) is 4.98. The number of Topliss-reactive ketones (excluding diaryl/α,β-unsaturated/α-hetero) is 1. The molecule has 0 saturated heterocycles. The third-order valence-corrected chi connectivity index (χ3v) is 5.22. The van der Waals surface area contributed by atoms with Crippen LogP contribution in [0.15, 0.2) is 35.2 Å². The fraction of sp³-hybridized carbons (Fsp3) is 0.348. The highest BCUT2D eigenvalue weighted by Gasteiger charge is 2.24. The number of hydrogen-bond donors (Lipinski definition) is 1. The standard InChI is InChI=1S/C23H25FN8O2/c1-13-14(7-9-16(33)20-29-21(31-34-20)23(2,3)4)6-8-15(18(13)24)19-25-12-26-22(28-19)27-17-10-11-32(5)30-17/h6,8,10-12H,7,9H2,1-5H3,(H,25,26,27,28,30). The van der Waals surface area contributed by atoms with Gasteiger partial charge in [0.15, 0.2) is 17.5 Å². The molecule has 176 valence electrons. The van der Waals surface area contributed by atoms with Crippen LogP contribution in [0.5, 0.6) is 0 Å². The molecule has 0 spiro atoms. The number of benzene rings is 1. The second kappa shape index (κ2) is 9.08. The van der Waals surface area contributed by atoms with E-state index in [1.165, 1.54) is 6.33 Å². The Morgan fingerprint density at radius 1 is 1.18 bits per heavy atom. The molecule has 0 saturated carbocycles. The van der Waals surface area contributed by atoms with Crippen LogP contribution in [0.4, 0.5) is 16.2 Å². The number of carbonyl (C=O) groups is 1. The summed E-state index contributed by atoms with van der Waals surface area (Å²) in [5.74, 6) is 0.714. The molecule has 4 aromatic rings. The van der Waals surface area contributed by atoms with Gasteiger partial charge in [-0.2, -0.15) is 15.1 Å². The first-order valence-electron chi connectivity index (χ1n) is 10.7. The van der Waals surface area contributed by atoms with Crippen LogP contribution in [-0.4, -0.2) is 40.7 Å². The number of aryl methyl sites for hydroxylation is 2. The molecule has 10 nitrogen and oxygen atoms in total. The first-order chi connectivity index (χ1) is 16.1. The summed E-state index contributed by atoms with van der Waals surface area (Å²) in [5.41, 5.74) is 1.04. The lowest BCUT2D eigenvalue weighted by Crippen LogP contribution is -2.13. The van der Waals surface area contributed by atoms with Crippen molar-refractivity contribution in [2.45, 2.75) is 46.0 Å². The summed E-state index contributed by atoms with van der Waals surface area (Å²) in [7, 11) is 1.79. The van der Waals surface area contributed by atoms with Crippen molar-refractivity contribution in [3.05, 3.63) is 59.4 Å². The van der Waals surface area contributed by atoms with Crippen LogP contribution in [-0.2, 0) is 18.9 Å². The van der Waals surface area contributed by atoms with E-state index in [4.69, 9.17) is 4.52 Å². The van der Waals surface area contributed by atoms with E-state index in [-0.39, 0.29) is 40.8 Å². The maximum Gasteiger partial charge on any atom is 0.294 e. The van der Waals surface area contributed by atoms with Gasteiger partial charge >= 0.3 is 0 Å². The fourth-order valence-corrected chi connectivity index (χ4v) is 3.25. The molecule has 0 aliphatic rings. The van der Waals surface area contributed by atoms with E-state index in [0.29, 0.717) is 29.2 Å². The van der Waals surface area contributed by atoms with Crippen molar-refractivity contribution in [3.8, 4) is 11.4 Å². The van der Waals surface area contributed by atoms with Crippen molar-refractivity contribution >= 4 is 17.5 Å². The SMILES string of the molecule is Cc1c(CCC(=O)c2nc(C(C)(C)C)no2)ccc(-c2ncnc(Nc3ccn(C)n3)n2)c1F. The van der Waals surface area contributed by atoms with E-state index in [1.54, 1.807) is 43.0 Å². The topological polar surface area (TPSA) is 125 Å². The molecule has 0 atom stereocenters. The number of rotatable bonds is 7. The van der Waals surface area contributed by atoms with E-state index in [0.717, 1.165) is 0 Å². The summed E-state index contributed by atoms with van der Waals surface area (Å²) in [4.78, 5) is 29.2. The molecule has 0 aliphatic carbocycles. The van der Waals surface area contributed by atoms with Crippen LogP contribution >= 0.6 is 0 Å². The van der Waals surface area contributed by atoms with Crippen LogP contribution in [0.2, 0.25) is 0 Å². The molecule has 3 heterocycles. The van der Waals surface area contributed by atoms with Gasteiger partial charge in [-0.3, -0.25) is 9.48 Å². The molecule has 11 heteroatoms. The first-order valence-corrected chi connectivity index (χ1v) is 10.7. The highest BCUT2D eigenvalue weighted by Crippen LogP contribution is 2.26. The number of ketones is 1. The summed E-state index contributed by atoms with van der Waals surface area (Å²) in [6.07, 6.45) is 3.54. The zero-order valence-corrected chi connectivity index (χ0v) is 19.6. The molecule has 0 amide bonds. The zero-order valence-electron chi connectivity index (χ0n) is 19.6. The fourth-order valence-electron chi connectivity index (χ4n) is 3.25. The van der Waals surface area contributed by atoms with Crippen molar-refractivity contribution in [2.24, 2.45) is 7.05 Å². The maximum atomic E-state index is 15.2. The molecule has 0 unspecified atom stereocenters. The number of carbonyl (C=O) groups excluding carboxylic acids is 1. The van der Waals surface area contributed by atoms with Crippen molar-refractivity contribution in [3.63, 3.8) is 0 Å². The highest BCUT2D eigenvalue weighted by molar-refractivity contribution is 5.91. The van der Waals surface area contributed by atoms with Crippen LogP contribution < -0.4 is 5.32 Å². The van der Waals surface area contributed by atoms with E-state index < -0.39 is 5.82 Å². The lowest BCUT2D eigenvalue weighted by Gasteiger charge is -2.11. The monoisotopic (exact) mass is 464 g/mol. The minimum atomic E-state index is -0.451. The Balaban J connectivity index is 1.48.